The lowest BCUT2D eigenvalue weighted by Gasteiger charge is -2.24. The van der Waals surface area contributed by atoms with Crippen LogP contribution in [0.2, 0.25) is 0 Å². The number of halogens is 4. The second-order valence-electron chi connectivity index (χ2n) is 11.2. The Balaban J connectivity index is 1.54. The molecule has 2 aliphatic rings. The van der Waals surface area contributed by atoms with E-state index in [2.05, 4.69) is 12.1 Å². The summed E-state index contributed by atoms with van der Waals surface area (Å²) in [6.07, 6.45) is -3.77. The highest BCUT2D eigenvalue weighted by atomic mass is 19.4. The second-order valence-corrected chi connectivity index (χ2v) is 11.2. The van der Waals surface area contributed by atoms with Crippen molar-refractivity contribution in [3.8, 4) is 16.9 Å². The monoisotopic (exact) mass is 555 g/mol. The molecule has 1 amide bonds. The first-order valence-corrected chi connectivity index (χ1v) is 13.5. The molecule has 1 heterocycles. The molecule has 1 saturated carbocycles. The molecule has 1 aliphatic heterocycles. The van der Waals surface area contributed by atoms with Crippen LogP contribution in [-0.4, -0.2) is 24.1 Å². The van der Waals surface area contributed by atoms with Crippen LogP contribution < -0.4 is 4.74 Å². The predicted octanol–water partition coefficient (Wildman–Crippen LogP) is 8.91. The van der Waals surface area contributed by atoms with E-state index in [1.165, 1.54) is 13.2 Å². The summed E-state index contributed by atoms with van der Waals surface area (Å²) in [6, 6.07) is 12.6. The normalized spacial score (nSPS) is 19.4. The summed E-state index contributed by atoms with van der Waals surface area (Å²) < 4.78 is 66.5. The van der Waals surface area contributed by atoms with Crippen LogP contribution in [0.25, 0.3) is 11.1 Å². The van der Waals surface area contributed by atoms with E-state index >= 15 is 0 Å². The summed E-state index contributed by atoms with van der Waals surface area (Å²) in [5, 5.41) is 0. The first-order chi connectivity index (χ1) is 18.9. The van der Waals surface area contributed by atoms with Crippen molar-refractivity contribution < 1.29 is 31.8 Å². The van der Waals surface area contributed by atoms with Crippen LogP contribution >= 0.6 is 0 Å². The SMILES string of the molecule is COc1cc(F)c(C(C)C)cc1-c1ccc(C2CC2)cc1CN1C(=O)O[C@H](c2cc(C)cc(C(F)(F)F)c2)[C@@H]1C. The number of carbonyl (C=O) groups excluding carboxylic acids is 1. The molecule has 1 saturated heterocycles. The third kappa shape index (κ3) is 5.40. The fraction of sp³-hybridized carbons (Fsp3) is 0.406. The molecular weight excluding hydrogens is 522 g/mol. The summed E-state index contributed by atoms with van der Waals surface area (Å²) in [6.45, 7) is 7.40. The number of nitrogens with zero attached hydrogens (tertiary/aromatic N) is 1. The molecule has 2 fully saturated rings. The van der Waals surface area contributed by atoms with E-state index < -0.39 is 30.0 Å². The summed E-state index contributed by atoms with van der Waals surface area (Å²) in [5.74, 6) is 0.446. The van der Waals surface area contributed by atoms with Gasteiger partial charge in [-0.1, -0.05) is 43.7 Å². The molecular formula is C32H33F4NO3. The van der Waals surface area contributed by atoms with Gasteiger partial charge in [-0.05, 0) is 84.5 Å². The lowest BCUT2D eigenvalue weighted by atomic mass is 9.91. The van der Waals surface area contributed by atoms with Crippen molar-refractivity contribution in [2.75, 3.05) is 7.11 Å². The molecule has 0 unspecified atom stereocenters. The Hall–Kier alpha value is -3.55. The number of methoxy groups -OCH3 is 1. The third-order valence-electron chi connectivity index (χ3n) is 7.90. The predicted molar refractivity (Wildman–Crippen MR) is 145 cm³/mol. The van der Waals surface area contributed by atoms with Gasteiger partial charge < -0.3 is 9.47 Å². The molecule has 3 aromatic carbocycles. The Labute approximate surface area is 231 Å². The maximum atomic E-state index is 14.8. The average Bonchev–Trinajstić information content (AvgIpc) is 3.70. The van der Waals surface area contributed by atoms with Gasteiger partial charge in [0.2, 0.25) is 0 Å². The maximum Gasteiger partial charge on any atom is 0.416 e. The van der Waals surface area contributed by atoms with E-state index in [1.54, 1.807) is 30.9 Å². The number of cyclic esters (lactones) is 1. The number of aryl methyl sites for hydroxylation is 1. The second kappa shape index (κ2) is 10.5. The van der Waals surface area contributed by atoms with Gasteiger partial charge >= 0.3 is 12.3 Å². The third-order valence-corrected chi connectivity index (χ3v) is 7.90. The van der Waals surface area contributed by atoms with Crippen LogP contribution in [0, 0.1) is 12.7 Å². The van der Waals surface area contributed by atoms with Crippen molar-refractivity contribution in [1.82, 2.24) is 4.90 Å². The minimum atomic E-state index is -4.51. The van der Waals surface area contributed by atoms with E-state index in [9.17, 15) is 22.4 Å². The van der Waals surface area contributed by atoms with Crippen molar-refractivity contribution in [2.45, 2.75) is 77.2 Å². The molecule has 1 aliphatic carbocycles. The van der Waals surface area contributed by atoms with Gasteiger partial charge in [0.05, 0.1) is 25.3 Å². The van der Waals surface area contributed by atoms with Gasteiger partial charge in [-0.2, -0.15) is 13.2 Å². The Morgan fingerprint density at radius 3 is 2.38 bits per heavy atom. The fourth-order valence-electron chi connectivity index (χ4n) is 5.56. The van der Waals surface area contributed by atoms with Crippen molar-refractivity contribution in [3.63, 3.8) is 0 Å². The van der Waals surface area contributed by atoms with Gasteiger partial charge in [-0.3, -0.25) is 4.90 Å². The zero-order valence-corrected chi connectivity index (χ0v) is 23.2. The number of benzene rings is 3. The Bertz CT molecular complexity index is 1440. The molecule has 8 heteroatoms. The van der Waals surface area contributed by atoms with Crippen LogP contribution in [0.3, 0.4) is 0 Å². The van der Waals surface area contributed by atoms with Gasteiger partial charge in [0.15, 0.2) is 0 Å². The molecule has 0 radical (unpaired) electrons. The highest BCUT2D eigenvalue weighted by Gasteiger charge is 2.41. The van der Waals surface area contributed by atoms with E-state index in [0.717, 1.165) is 47.2 Å². The van der Waals surface area contributed by atoms with Crippen molar-refractivity contribution >= 4 is 6.09 Å². The number of rotatable bonds is 7. The van der Waals surface area contributed by atoms with Gasteiger partial charge in [-0.25, -0.2) is 9.18 Å². The number of hydrogen-bond acceptors (Lipinski definition) is 3. The maximum absolute atomic E-state index is 14.8. The summed E-state index contributed by atoms with van der Waals surface area (Å²) >= 11 is 0. The Morgan fingerprint density at radius 2 is 1.75 bits per heavy atom. The van der Waals surface area contributed by atoms with E-state index in [1.807, 2.05) is 19.9 Å². The van der Waals surface area contributed by atoms with Crippen molar-refractivity contribution in [1.29, 1.82) is 0 Å². The molecule has 5 rings (SSSR count). The molecule has 0 spiro atoms. The van der Waals surface area contributed by atoms with Crippen LogP contribution in [0.4, 0.5) is 22.4 Å². The van der Waals surface area contributed by atoms with Crippen molar-refractivity contribution in [3.05, 3.63) is 87.7 Å². The largest absolute Gasteiger partial charge is 0.496 e. The number of hydrogen-bond donors (Lipinski definition) is 0. The minimum Gasteiger partial charge on any atom is -0.496 e. The van der Waals surface area contributed by atoms with E-state index in [4.69, 9.17) is 9.47 Å². The highest BCUT2D eigenvalue weighted by molar-refractivity contribution is 5.76. The Morgan fingerprint density at radius 1 is 1.02 bits per heavy atom. The van der Waals surface area contributed by atoms with E-state index in [0.29, 0.717) is 28.4 Å². The van der Waals surface area contributed by atoms with Crippen LogP contribution in [0.1, 0.15) is 84.9 Å². The minimum absolute atomic E-state index is 0.0518. The summed E-state index contributed by atoms with van der Waals surface area (Å²) in [4.78, 5) is 14.7. The topological polar surface area (TPSA) is 38.8 Å². The number of alkyl halides is 3. The number of amides is 1. The van der Waals surface area contributed by atoms with Gasteiger partial charge in [0.1, 0.15) is 17.7 Å². The van der Waals surface area contributed by atoms with Gasteiger partial charge in [0, 0.05) is 11.6 Å². The lowest BCUT2D eigenvalue weighted by molar-refractivity contribution is -0.137. The zero-order valence-electron chi connectivity index (χ0n) is 23.2. The molecule has 40 heavy (non-hydrogen) atoms. The molecule has 212 valence electrons. The molecule has 0 bridgehead atoms. The molecule has 4 nitrogen and oxygen atoms in total. The first-order valence-electron chi connectivity index (χ1n) is 13.5. The number of ether oxygens (including phenoxy) is 2. The van der Waals surface area contributed by atoms with Crippen LogP contribution in [0.5, 0.6) is 5.75 Å². The lowest BCUT2D eigenvalue weighted by Crippen LogP contribution is -2.31. The smallest absolute Gasteiger partial charge is 0.416 e. The van der Waals surface area contributed by atoms with E-state index in [-0.39, 0.29) is 18.3 Å². The first kappa shape index (κ1) is 28.0. The highest BCUT2D eigenvalue weighted by Crippen LogP contribution is 2.44. The van der Waals surface area contributed by atoms with Gasteiger partial charge in [-0.15, -0.1) is 0 Å². The quantitative estimate of drug-likeness (QED) is 0.273. The fourth-order valence-corrected chi connectivity index (χ4v) is 5.56. The van der Waals surface area contributed by atoms with Crippen LogP contribution in [-0.2, 0) is 17.5 Å². The molecule has 3 aromatic rings. The number of carbonyl (C=O) groups is 1. The molecule has 2 atom stereocenters. The van der Waals surface area contributed by atoms with Crippen LogP contribution in [0.15, 0.2) is 48.5 Å². The van der Waals surface area contributed by atoms with Crippen molar-refractivity contribution in [2.24, 2.45) is 0 Å². The standard InChI is InChI=1S/C32H33F4NO3/c1-17(2)26-14-27(29(39-5)15-28(26)33)25-9-8-21(20-6-7-20)12-23(25)16-37-19(4)30(40-31(37)38)22-10-18(3)11-24(13-22)32(34,35)36/h8-15,17,19-20,30H,6-7,16H2,1-5H3/t19-,30-/m0/s1. The average molecular weight is 556 g/mol. The molecule has 0 aromatic heterocycles. The Kier molecular flexibility index (Phi) is 7.31. The molecule has 0 N–H and O–H groups in total. The summed E-state index contributed by atoms with van der Waals surface area (Å²) in [5.41, 5.74) is 4.06. The summed E-state index contributed by atoms with van der Waals surface area (Å²) in [7, 11) is 1.49. The zero-order chi connectivity index (χ0) is 28.9. The van der Waals surface area contributed by atoms with Gasteiger partial charge in [0.25, 0.3) is 0 Å².